The zero-order valence-electron chi connectivity index (χ0n) is 15.8. The third-order valence-corrected chi connectivity index (χ3v) is 4.23. The van der Waals surface area contributed by atoms with Crippen molar-refractivity contribution in [2.45, 2.75) is 26.8 Å². The van der Waals surface area contributed by atoms with Crippen molar-refractivity contribution in [3.05, 3.63) is 64.7 Å². The van der Waals surface area contributed by atoms with E-state index in [4.69, 9.17) is 4.74 Å². The predicted molar refractivity (Wildman–Crippen MR) is 103 cm³/mol. The summed E-state index contributed by atoms with van der Waals surface area (Å²) in [6.07, 6.45) is 1.02. The molecule has 0 aromatic heterocycles. The topological polar surface area (TPSA) is 58.6 Å². The van der Waals surface area contributed by atoms with Crippen molar-refractivity contribution >= 4 is 17.6 Å². The van der Waals surface area contributed by atoms with E-state index in [9.17, 15) is 9.59 Å². The number of benzene rings is 2. The number of likely N-dealkylation sites (N-methyl/N-ethyl adjacent to an activating group) is 1. The number of nitrogens with zero attached hydrogens (tertiary/aromatic N) is 1. The van der Waals surface area contributed by atoms with Crippen LogP contribution in [0.4, 0.5) is 5.69 Å². The van der Waals surface area contributed by atoms with Crippen LogP contribution in [-0.4, -0.2) is 37.5 Å². The minimum absolute atomic E-state index is 0.122. The number of anilines is 1. The minimum Gasteiger partial charge on any atom is -0.465 e. The summed E-state index contributed by atoms with van der Waals surface area (Å²) in [5, 5.41) is 2.88. The van der Waals surface area contributed by atoms with Crippen LogP contribution in [0, 0.1) is 6.92 Å². The normalized spacial score (nSPS) is 10.7. The van der Waals surface area contributed by atoms with E-state index >= 15 is 0 Å². The van der Waals surface area contributed by atoms with Gasteiger partial charge in [0.2, 0.25) is 5.91 Å². The van der Waals surface area contributed by atoms with E-state index < -0.39 is 5.97 Å². The van der Waals surface area contributed by atoms with E-state index in [1.54, 1.807) is 18.2 Å². The van der Waals surface area contributed by atoms with E-state index in [1.807, 2.05) is 18.9 Å². The first-order valence-electron chi connectivity index (χ1n) is 8.68. The fourth-order valence-corrected chi connectivity index (χ4v) is 2.68. The third-order valence-electron chi connectivity index (χ3n) is 4.23. The van der Waals surface area contributed by atoms with Crippen LogP contribution in [0.5, 0.6) is 0 Å². The average molecular weight is 354 g/mol. The summed E-state index contributed by atoms with van der Waals surface area (Å²) >= 11 is 0. The van der Waals surface area contributed by atoms with Gasteiger partial charge in [-0.2, -0.15) is 0 Å². The SMILES string of the molecule is CCc1ccc(CN(C)CC(=O)Nc2cc(C(=O)OC)ccc2C)cc1. The number of aryl methyl sites for hydroxylation is 2. The minimum atomic E-state index is -0.423. The molecule has 0 spiro atoms. The number of nitrogens with one attached hydrogen (secondary N) is 1. The lowest BCUT2D eigenvalue weighted by molar-refractivity contribution is -0.117. The Kier molecular flexibility index (Phi) is 6.92. The second-order valence-electron chi connectivity index (χ2n) is 6.41. The molecule has 5 nitrogen and oxygen atoms in total. The van der Waals surface area contributed by atoms with Crippen LogP contribution < -0.4 is 5.32 Å². The monoisotopic (exact) mass is 354 g/mol. The van der Waals surface area contributed by atoms with Crippen LogP contribution in [0.25, 0.3) is 0 Å². The number of methoxy groups -OCH3 is 1. The van der Waals surface area contributed by atoms with Gasteiger partial charge in [0.25, 0.3) is 0 Å². The Morgan fingerprint density at radius 2 is 1.73 bits per heavy atom. The highest BCUT2D eigenvalue weighted by atomic mass is 16.5. The van der Waals surface area contributed by atoms with Gasteiger partial charge in [0.05, 0.1) is 19.2 Å². The van der Waals surface area contributed by atoms with Crippen LogP contribution >= 0.6 is 0 Å². The van der Waals surface area contributed by atoms with E-state index in [2.05, 4.69) is 36.5 Å². The highest BCUT2D eigenvalue weighted by Crippen LogP contribution is 2.17. The van der Waals surface area contributed by atoms with Crippen molar-refractivity contribution in [2.75, 3.05) is 26.0 Å². The standard InChI is InChI=1S/C21H26N2O3/c1-5-16-7-9-17(10-8-16)13-23(3)14-20(24)22-19-12-18(21(25)26-4)11-6-15(19)2/h6-12H,5,13-14H2,1-4H3,(H,22,24). The number of carbonyl (C=O) groups excluding carboxylic acids is 2. The first-order valence-corrected chi connectivity index (χ1v) is 8.68. The number of ether oxygens (including phenoxy) is 1. The van der Waals surface area contributed by atoms with E-state index in [-0.39, 0.29) is 12.5 Å². The molecule has 2 aromatic rings. The van der Waals surface area contributed by atoms with Gasteiger partial charge in [-0.05, 0) is 49.2 Å². The second-order valence-corrected chi connectivity index (χ2v) is 6.41. The molecule has 0 aliphatic carbocycles. The van der Waals surface area contributed by atoms with Gasteiger partial charge >= 0.3 is 5.97 Å². The lowest BCUT2D eigenvalue weighted by atomic mass is 10.1. The third kappa shape index (κ3) is 5.43. The smallest absolute Gasteiger partial charge is 0.337 e. The Balaban J connectivity index is 1.96. The summed E-state index contributed by atoms with van der Waals surface area (Å²) in [6.45, 7) is 4.97. The highest BCUT2D eigenvalue weighted by molar-refractivity contribution is 5.96. The average Bonchev–Trinajstić information content (AvgIpc) is 2.63. The van der Waals surface area contributed by atoms with Crippen molar-refractivity contribution in [1.29, 1.82) is 0 Å². The van der Waals surface area contributed by atoms with E-state index in [0.717, 1.165) is 12.0 Å². The van der Waals surface area contributed by atoms with Gasteiger partial charge in [-0.25, -0.2) is 4.79 Å². The number of hydrogen-bond donors (Lipinski definition) is 1. The molecular weight excluding hydrogens is 328 g/mol. The maximum Gasteiger partial charge on any atom is 0.337 e. The first kappa shape index (κ1) is 19.7. The Hall–Kier alpha value is -2.66. The molecule has 2 rings (SSSR count). The molecule has 0 aliphatic heterocycles. The fraction of sp³-hybridized carbons (Fsp3) is 0.333. The molecule has 0 unspecified atom stereocenters. The molecule has 2 aromatic carbocycles. The second kappa shape index (κ2) is 9.15. The van der Waals surface area contributed by atoms with Crippen LogP contribution in [0.2, 0.25) is 0 Å². The molecule has 138 valence electrons. The molecule has 1 amide bonds. The van der Waals surface area contributed by atoms with Gasteiger partial charge in [0.1, 0.15) is 0 Å². The summed E-state index contributed by atoms with van der Waals surface area (Å²) in [5.74, 6) is -0.545. The lowest BCUT2D eigenvalue weighted by Crippen LogP contribution is -2.30. The maximum atomic E-state index is 12.3. The van der Waals surface area contributed by atoms with E-state index in [1.165, 1.54) is 18.2 Å². The number of carbonyl (C=O) groups is 2. The molecule has 0 saturated carbocycles. The van der Waals surface area contributed by atoms with Gasteiger partial charge in [0, 0.05) is 12.2 Å². The van der Waals surface area contributed by atoms with Gasteiger partial charge in [-0.15, -0.1) is 0 Å². The van der Waals surface area contributed by atoms with Crippen LogP contribution in [0.15, 0.2) is 42.5 Å². The summed E-state index contributed by atoms with van der Waals surface area (Å²) in [6, 6.07) is 13.5. The van der Waals surface area contributed by atoms with Gasteiger partial charge in [0.15, 0.2) is 0 Å². The zero-order chi connectivity index (χ0) is 19.1. The maximum absolute atomic E-state index is 12.3. The number of esters is 1. The Morgan fingerprint density at radius 1 is 1.08 bits per heavy atom. The predicted octanol–water partition coefficient (Wildman–Crippen LogP) is 3.41. The Morgan fingerprint density at radius 3 is 2.35 bits per heavy atom. The zero-order valence-corrected chi connectivity index (χ0v) is 15.8. The molecule has 0 fully saturated rings. The lowest BCUT2D eigenvalue weighted by Gasteiger charge is -2.17. The molecule has 0 atom stereocenters. The summed E-state index contributed by atoms with van der Waals surface area (Å²) in [7, 11) is 3.24. The van der Waals surface area contributed by atoms with Crippen molar-refractivity contribution in [3.8, 4) is 0 Å². The first-order chi connectivity index (χ1) is 12.4. The van der Waals surface area contributed by atoms with Crippen LogP contribution in [0.3, 0.4) is 0 Å². The molecule has 1 N–H and O–H groups in total. The van der Waals surface area contributed by atoms with Crippen molar-refractivity contribution in [2.24, 2.45) is 0 Å². The van der Waals surface area contributed by atoms with Gasteiger partial charge in [-0.1, -0.05) is 37.3 Å². The number of amides is 1. The Bertz CT molecular complexity index is 769. The molecule has 0 heterocycles. The van der Waals surface area contributed by atoms with Crippen molar-refractivity contribution in [1.82, 2.24) is 4.90 Å². The molecule has 0 aliphatic rings. The number of rotatable bonds is 7. The summed E-state index contributed by atoms with van der Waals surface area (Å²) in [4.78, 5) is 25.9. The van der Waals surface area contributed by atoms with Crippen LogP contribution in [0.1, 0.15) is 34.0 Å². The summed E-state index contributed by atoms with van der Waals surface area (Å²) < 4.78 is 4.72. The molecule has 26 heavy (non-hydrogen) atoms. The molecular formula is C21H26N2O3. The van der Waals surface area contributed by atoms with E-state index in [0.29, 0.717) is 17.8 Å². The van der Waals surface area contributed by atoms with Crippen LogP contribution in [-0.2, 0) is 22.5 Å². The molecule has 5 heteroatoms. The Labute approximate surface area is 155 Å². The quantitative estimate of drug-likeness (QED) is 0.774. The van der Waals surface area contributed by atoms with Crippen molar-refractivity contribution < 1.29 is 14.3 Å². The van der Waals surface area contributed by atoms with Gasteiger partial charge in [-0.3, -0.25) is 9.69 Å². The molecule has 0 saturated heterocycles. The highest BCUT2D eigenvalue weighted by Gasteiger charge is 2.12. The molecule has 0 radical (unpaired) electrons. The number of hydrogen-bond acceptors (Lipinski definition) is 4. The summed E-state index contributed by atoms with van der Waals surface area (Å²) in [5.41, 5.74) is 4.40. The van der Waals surface area contributed by atoms with Gasteiger partial charge < -0.3 is 10.1 Å². The largest absolute Gasteiger partial charge is 0.465 e. The van der Waals surface area contributed by atoms with Crippen molar-refractivity contribution in [3.63, 3.8) is 0 Å². The molecule has 0 bridgehead atoms. The fourth-order valence-electron chi connectivity index (χ4n) is 2.68.